The maximum atomic E-state index is 12.5. The van der Waals surface area contributed by atoms with E-state index >= 15 is 0 Å². The van der Waals surface area contributed by atoms with Crippen molar-refractivity contribution in [2.45, 2.75) is 38.1 Å². The molecule has 0 radical (unpaired) electrons. The number of thioether (sulfide) groups is 1. The number of hydrogen-bond acceptors (Lipinski definition) is 3. The Hall–Kier alpha value is -1.03. The molecule has 0 spiro atoms. The van der Waals surface area contributed by atoms with Gasteiger partial charge in [0, 0.05) is 42.9 Å². The van der Waals surface area contributed by atoms with Crippen molar-refractivity contribution in [2.75, 3.05) is 18.1 Å². The van der Waals surface area contributed by atoms with E-state index in [1.165, 1.54) is 24.8 Å². The van der Waals surface area contributed by atoms with E-state index in [2.05, 4.69) is 9.88 Å². The fraction of sp³-hybridized carbons (Fsp3) is 0.625. The zero-order valence-electron chi connectivity index (χ0n) is 11.8. The highest BCUT2D eigenvalue weighted by Gasteiger charge is 2.35. The van der Waals surface area contributed by atoms with E-state index in [-0.39, 0.29) is 0 Å². The highest BCUT2D eigenvalue weighted by molar-refractivity contribution is 7.99. The van der Waals surface area contributed by atoms with E-state index in [0.717, 1.165) is 30.4 Å². The number of aryl methyl sites for hydroxylation is 1. The van der Waals surface area contributed by atoms with Crippen LogP contribution in [0.3, 0.4) is 0 Å². The maximum absolute atomic E-state index is 12.5. The van der Waals surface area contributed by atoms with Crippen molar-refractivity contribution in [1.29, 1.82) is 0 Å². The van der Waals surface area contributed by atoms with Crippen molar-refractivity contribution in [1.82, 2.24) is 9.88 Å². The molecule has 2 aliphatic rings. The first-order valence-corrected chi connectivity index (χ1v) is 8.76. The first-order valence-electron chi connectivity index (χ1n) is 7.61. The summed E-state index contributed by atoms with van der Waals surface area (Å²) >= 11 is 2.01. The molecule has 108 valence electrons. The summed E-state index contributed by atoms with van der Waals surface area (Å²) in [6.45, 7) is 0.945. The van der Waals surface area contributed by atoms with Gasteiger partial charge in [-0.25, -0.2) is 0 Å². The third-order valence-electron chi connectivity index (χ3n) is 4.56. The van der Waals surface area contributed by atoms with Gasteiger partial charge in [-0.15, -0.1) is 0 Å². The fourth-order valence-corrected chi connectivity index (χ4v) is 4.28. The highest BCUT2D eigenvalue weighted by Crippen LogP contribution is 2.35. The average molecular weight is 290 g/mol. The lowest BCUT2D eigenvalue weighted by molar-refractivity contribution is -0.134. The standard InChI is InChI=1S/C16H22N2OS/c19-16(5-4-13-6-8-17-9-7-13)18-10-11-20-12-15(18)14-2-1-3-14/h6-9,14-15H,1-5,10-12H2. The first-order chi connectivity index (χ1) is 9.84. The Morgan fingerprint density at radius 2 is 2.15 bits per heavy atom. The number of nitrogens with zero attached hydrogens (tertiary/aromatic N) is 2. The van der Waals surface area contributed by atoms with Crippen molar-refractivity contribution in [3.05, 3.63) is 30.1 Å². The molecule has 1 aliphatic carbocycles. The minimum atomic E-state index is 0.346. The predicted octanol–water partition coefficient (Wildman–Crippen LogP) is 2.76. The molecule has 20 heavy (non-hydrogen) atoms. The monoisotopic (exact) mass is 290 g/mol. The Morgan fingerprint density at radius 3 is 2.85 bits per heavy atom. The van der Waals surface area contributed by atoms with Gasteiger partial charge in [0.05, 0.1) is 0 Å². The van der Waals surface area contributed by atoms with Crippen molar-refractivity contribution in [3.8, 4) is 0 Å². The van der Waals surface area contributed by atoms with Gasteiger partial charge in [0.15, 0.2) is 0 Å². The summed E-state index contributed by atoms with van der Waals surface area (Å²) in [5, 5.41) is 0. The summed E-state index contributed by atoms with van der Waals surface area (Å²) < 4.78 is 0. The summed E-state index contributed by atoms with van der Waals surface area (Å²) in [5.41, 5.74) is 1.21. The molecular formula is C16H22N2OS. The largest absolute Gasteiger partial charge is 0.338 e. The van der Waals surface area contributed by atoms with Crippen LogP contribution in [0.1, 0.15) is 31.2 Å². The van der Waals surface area contributed by atoms with Gasteiger partial charge < -0.3 is 4.90 Å². The Kier molecular flexibility index (Phi) is 4.61. The minimum absolute atomic E-state index is 0.346. The van der Waals surface area contributed by atoms with Crippen LogP contribution in [0.15, 0.2) is 24.5 Å². The molecule has 1 aromatic heterocycles. The summed E-state index contributed by atoms with van der Waals surface area (Å²) in [6.07, 6.45) is 9.06. The smallest absolute Gasteiger partial charge is 0.223 e. The molecular weight excluding hydrogens is 268 g/mol. The first kappa shape index (κ1) is 13.9. The molecule has 1 atom stereocenters. The van der Waals surface area contributed by atoms with Crippen LogP contribution >= 0.6 is 11.8 Å². The molecule has 3 rings (SSSR count). The Bertz CT molecular complexity index is 447. The molecule has 1 saturated heterocycles. The van der Waals surface area contributed by atoms with Gasteiger partial charge in [0.25, 0.3) is 0 Å². The molecule has 2 fully saturated rings. The van der Waals surface area contributed by atoms with Gasteiger partial charge in [-0.05, 0) is 42.9 Å². The minimum Gasteiger partial charge on any atom is -0.338 e. The van der Waals surface area contributed by atoms with Crippen LogP contribution in [-0.4, -0.2) is 39.9 Å². The van der Waals surface area contributed by atoms with Crippen LogP contribution in [0.25, 0.3) is 0 Å². The van der Waals surface area contributed by atoms with Crippen LogP contribution in [0.2, 0.25) is 0 Å². The normalized spacial score (nSPS) is 23.4. The average Bonchev–Trinajstić information content (AvgIpc) is 2.45. The Labute approximate surface area is 125 Å². The van der Waals surface area contributed by atoms with Gasteiger partial charge in [0.2, 0.25) is 5.91 Å². The van der Waals surface area contributed by atoms with Crippen LogP contribution in [-0.2, 0) is 11.2 Å². The van der Waals surface area contributed by atoms with Crippen molar-refractivity contribution >= 4 is 17.7 Å². The van der Waals surface area contributed by atoms with Crippen LogP contribution in [0.4, 0.5) is 0 Å². The molecule has 1 unspecified atom stereocenters. The number of rotatable bonds is 4. The van der Waals surface area contributed by atoms with Gasteiger partial charge in [-0.1, -0.05) is 6.42 Å². The quantitative estimate of drug-likeness (QED) is 0.855. The highest BCUT2D eigenvalue weighted by atomic mass is 32.2. The summed E-state index contributed by atoms with van der Waals surface area (Å²) in [5.74, 6) is 3.36. The number of amides is 1. The number of hydrogen-bond donors (Lipinski definition) is 0. The zero-order chi connectivity index (χ0) is 13.8. The Morgan fingerprint density at radius 1 is 1.35 bits per heavy atom. The molecule has 1 aliphatic heterocycles. The molecule has 2 heterocycles. The lowest BCUT2D eigenvalue weighted by atomic mass is 9.79. The second-order valence-electron chi connectivity index (χ2n) is 5.78. The molecule has 0 aromatic carbocycles. The van der Waals surface area contributed by atoms with Crippen LogP contribution < -0.4 is 0 Å². The lowest BCUT2D eigenvalue weighted by Gasteiger charge is -2.43. The zero-order valence-corrected chi connectivity index (χ0v) is 12.6. The molecule has 0 bridgehead atoms. The Balaban J connectivity index is 1.57. The SMILES string of the molecule is O=C(CCc1ccncc1)N1CCSCC1C1CCC1. The lowest BCUT2D eigenvalue weighted by Crippen LogP contribution is -2.51. The molecule has 4 heteroatoms. The number of carbonyl (C=O) groups excluding carboxylic acids is 1. The summed E-state index contributed by atoms with van der Waals surface area (Å²) in [7, 11) is 0. The molecule has 1 saturated carbocycles. The third-order valence-corrected chi connectivity index (χ3v) is 5.61. The molecule has 1 aromatic rings. The topological polar surface area (TPSA) is 33.2 Å². The summed E-state index contributed by atoms with van der Waals surface area (Å²) in [4.78, 5) is 18.7. The third kappa shape index (κ3) is 3.17. The molecule has 3 nitrogen and oxygen atoms in total. The number of aromatic nitrogens is 1. The number of pyridine rings is 1. The van der Waals surface area contributed by atoms with Gasteiger partial charge >= 0.3 is 0 Å². The van der Waals surface area contributed by atoms with Crippen molar-refractivity contribution in [2.24, 2.45) is 5.92 Å². The van der Waals surface area contributed by atoms with E-state index in [1.54, 1.807) is 12.4 Å². The van der Waals surface area contributed by atoms with Crippen LogP contribution in [0, 0.1) is 5.92 Å². The second kappa shape index (κ2) is 6.61. The van der Waals surface area contributed by atoms with E-state index in [0.29, 0.717) is 18.4 Å². The van der Waals surface area contributed by atoms with E-state index in [1.807, 2.05) is 23.9 Å². The second-order valence-corrected chi connectivity index (χ2v) is 6.93. The summed E-state index contributed by atoms with van der Waals surface area (Å²) in [6, 6.07) is 4.51. The van der Waals surface area contributed by atoms with Crippen molar-refractivity contribution < 1.29 is 4.79 Å². The van der Waals surface area contributed by atoms with E-state index in [9.17, 15) is 4.79 Å². The van der Waals surface area contributed by atoms with Crippen LogP contribution in [0.5, 0.6) is 0 Å². The van der Waals surface area contributed by atoms with E-state index in [4.69, 9.17) is 0 Å². The predicted molar refractivity (Wildman–Crippen MR) is 82.7 cm³/mol. The maximum Gasteiger partial charge on any atom is 0.223 e. The van der Waals surface area contributed by atoms with Crippen molar-refractivity contribution in [3.63, 3.8) is 0 Å². The number of carbonyl (C=O) groups is 1. The molecule has 1 amide bonds. The van der Waals surface area contributed by atoms with E-state index < -0.39 is 0 Å². The van der Waals surface area contributed by atoms with Gasteiger partial charge in [-0.2, -0.15) is 11.8 Å². The fourth-order valence-electron chi connectivity index (χ4n) is 3.09. The molecule has 0 N–H and O–H groups in total. The van der Waals surface area contributed by atoms with Gasteiger partial charge in [-0.3, -0.25) is 9.78 Å². The van der Waals surface area contributed by atoms with Gasteiger partial charge in [0.1, 0.15) is 0 Å².